The van der Waals surface area contributed by atoms with E-state index in [4.69, 9.17) is 19.1 Å². The van der Waals surface area contributed by atoms with E-state index in [2.05, 4.69) is 44.2 Å². The summed E-state index contributed by atoms with van der Waals surface area (Å²) in [4.78, 5) is 10.9. The van der Waals surface area contributed by atoms with Crippen molar-refractivity contribution < 1.29 is 28.3 Å². The molecule has 0 atom stereocenters. The van der Waals surface area contributed by atoms with Gasteiger partial charge in [0.1, 0.15) is 24.7 Å². The van der Waals surface area contributed by atoms with Gasteiger partial charge >= 0.3 is 0 Å². The predicted molar refractivity (Wildman–Crippen MR) is 149 cm³/mol. The summed E-state index contributed by atoms with van der Waals surface area (Å²) < 4.78 is 15.0. The maximum absolute atomic E-state index is 5.43. The molecule has 4 rings (SSSR count). The molecule has 0 amide bonds. The first-order valence-electron chi connectivity index (χ1n) is 12.8. The number of oxime groups is 2. The van der Waals surface area contributed by atoms with Crippen LogP contribution in [0.25, 0.3) is 0 Å². The molecule has 0 bridgehead atoms. The van der Waals surface area contributed by atoms with Gasteiger partial charge in [-0.05, 0) is 12.1 Å². The van der Waals surface area contributed by atoms with E-state index in [1.54, 1.807) is 26.6 Å². The molecule has 0 N–H and O–H groups in total. The van der Waals surface area contributed by atoms with Crippen molar-refractivity contribution in [2.45, 2.75) is 32.7 Å². The second-order valence-corrected chi connectivity index (χ2v) is 8.73. The predicted octanol–water partition coefficient (Wildman–Crippen LogP) is 4.47. The highest BCUT2D eigenvalue weighted by molar-refractivity contribution is 5.78. The van der Waals surface area contributed by atoms with Gasteiger partial charge in [-0.2, -0.15) is 0 Å². The molecule has 0 saturated carbocycles. The summed E-state index contributed by atoms with van der Waals surface area (Å²) in [6, 6.07) is 23.6. The molecule has 0 aliphatic carbocycles. The molecule has 2 aromatic carbocycles. The third-order valence-electron chi connectivity index (χ3n) is 6.04. The first-order valence-corrected chi connectivity index (χ1v) is 12.8. The van der Waals surface area contributed by atoms with Crippen molar-refractivity contribution in [1.29, 1.82) is 0 Å². The smallest absolute Gasteiger partial charge is 0.169 e. The fourth-order valence-corrected chi connectivity index (χ4v) is 3.90. The normalized spacial score (nSPS) is 11.1. The maximum Gasteiger partial charge on any atom is 0.169 e. The minimum absolute atomic E-state index is 0.358. The van der Waals surface area contributed by atoms with Gasteiger partial charge in [-0.3, -0.25) is 0 Å². The zero-order valence-electron chi connectivity index (χ0n) is 22.3. The largest absolute Gasteiger partial charge is 0.496 e. The van der Waals surface area contributed by atoms with E-state index in [0.29, 0.717) is 13.2 Å². The number of aryl methyl sites for hydroxylation is 2. The van der Waals surface area contributed by atoms with Gasteiger partial charge < -0.3 is 19.1 Å². The van der Waals surface area contributed by atoms with Crippen LogP contribution in [0.3, 0.4) is 0 Å². The number of rotatable bonds is 14. The van der Waals surface area contributed by atoms with Crippen LogP contribution in [0.5, 0.6) is 11.5 Å². The van der Waals surface area contributed by atoms with Crippen LogP contribution in [0.1, 0.15) is 28.7 Å². The number of methoxy groups -OCH3 is 2. The highest BCUT2D eigenvalue weighted by Gasteiger charge is 2.06. The highest BCUT2D eigenvalue weighted by Crippen LogP contribution is 2.18. The summed E-state index contributed by atoms with van der Waals surface area (Å²) in [7, 11) is 3.30. The third-order valence-corrected chi connectivity index (χ3v) is 6.04. The van der Waals surface area contributed by atoms with Crippen LogP contribution in [-0.2, 0) is 36.0 Å². The van der Waals surface area contributed by atoms with Crippen LogP contribution in [0.2, 0.25) is 0 Å². The Morgan fingerprint density at radius 3 is 1.41 bits per heavy atom. The topological polar surface area (TPSA) is 69.4 Å². The zero-order chi connectivity index (χ0) is 27.1. The number of pyridine rings is 2. The molecule has 0 unspecified atom stereocenters. The number of hydrogen-bond acceptors (Lipinski definition) is 6. The van der Waals surface area contributed by atoms with Crippen molar-refractivity contribution in [3.63, 3.8) is 0 Å². The zero-order valence-corrected chi connectivity index (χ0v) is 22.3. The Labute approximate surface area is 229 Å². The summed E-state index contributed by atoms with van der Waals surface area (Å²) in [5, 5.41) is 8.16. The lowest BCUT2D eigenvalue weighted by atomic mass is 10.2. The molecule has 39 heavy (non-hydrogen) atoms. The van der Waals surface area contributed by atoms with Crippen molar-refractivity contribution in [2.24, 2.45) is 10.3 Å². The summed E-state index contributed by atoms with van der Waals surface area (Å²) in [5.41, 5.74) is 3.87. The lowest BCUT2D eigenvalue weighted by Gasteiger charge is -2.06. The second kappa shape index (κ2) is 14.9. The number of benzene rings is 2. The second-order valence-electron chi connectivity index (χ2n) is 8.73. The molecule has 8 nitrogen and oxygen atoms in total. The van der Waals surface area contributed by atoms with Crippen LogP contribution in [-0.4, -0.2) is 26.6 Å². The molecule has 0 radical (unpaired) electrons. The van der Waals surface area contributed by atoms with Gasteiger partial charge in [-0.15, -0.1) is 0 Å². The summed E-state index contributed by atoms with van der Waals surface area (Å²) in [6.45, 7) is 2.54. The van der Waals surface area contributed by atoms with Gasteiger partial charge in [-0.25, -0.2) is 9.13 Å². The van der Waals surface area contributed by atoms with Crippen molar-refractivity contribution in [3.8, 4) is 11.5 Å². The monoisotopic (exact) mass is 526 g/mol. The Kier molecular flexibility index (Phi) is 10.4. The van der Waals surface area contributed by atoms with Crippen LogP contribution < -0.4 is 18.6 Å². The van der Waals surface area contributed by atoms with Gasteiger partial charge in [0.15, 0.2) is 37.9 Å². The molecular weight excluding hydrogens is 492 g/mol. The van der Waals surface area contributed by atoms with Gasteiger partial charge in [0.05, 0.1) is 33.1 Å². The van der Waals surface area contributed by atoms with E-state index in [-0.39, 0.29) is 0 Å². The van der Waals surface area contributed by atoms with E-state index < -0.39 is 0 Å². The summed E-state index contributed by atoms with van der Waals surface area (Å²) in [5.74, 6) is 1.59. The summed E-state index contributed by atoms with van der Waals surface area (Å²) in [6.07, 6.45) is 12.6. The van der Waals surface area contributed by atoms with E-state index in [0.717, 1.165) is 53.3 Å². The number of nitrogens with zero attached hydrogens (tertiary/aromatic N) is 4. The average molecular weight is 527 g/mol. The Morgan fingerprint density at radius 2 is 1.00 bits per heavy atom. The van der Waals surface area contributed by atoms with E-state index in [9.17, 15) is 0 Å². The fraction of sp³-hybridized carbons (Fsp3) is 0.226. The lowest BCUT2D eigenvalue weighted by Crippen LogP contribution is -2.38. The molecule has 0 aliphatic heterocycles. The molecule has 2 heterocycles. The first-order chi connectivity index (χ1) is 19.2. The van der Waals surface area contributed by atoms with E-state index in [1.165, 1.54) is 0 Å². The lowest BCUT2D eigenvalue weighted by molar-refractivity contribution is -0.726. The molecular formula is C31H34N4O4+2. The highest BCUT2D eigenvalue weighted by atomic mass is 16.6. The van der Waals surface area contributed by atoms with Crippen molar-refractivity contribution in [3.05, 3.63) is 120 Å². The Hall–Kier alpha value is -4.72. The number of aromatic nitrogens is 2. The van der Waals surface area contributed by atoms with Crippen LogP contribution in [0.4, 0.5) is 0 Å². The minimum atomic E-state index is 0.358. The van der Waals surface area contributed by atoms with Gasteiger partial charge in [0, 0.05) is 46.5 Å². The molecule has 4 aromatic rings. The Morgan fingerprint density at radius 1 is 0.590 bits per heavy atom. The summed E-state index contributed by atoms with van der Waals surface area (Å²) >= 11 is 0. The van der Waals surface area contributed by atoms with Gasteiger partial charge in [-0.1, -0.05) is 46.7 Å². The third kappa shape index (κ3) is 8.67. The molecule has 0 saturated heterocycles. The Balaban J connectivity index is 1.15. The number of para-hydroxylation sites is 2. The van der Waals surface area contributed by atoms with Gasteiger partial charge in [0.25, 0.3) is 0 Å². The molecule has 0 aliphatic rings. The standard InChI is InChI=1S/C31H34N4O4/c1-36-30-10-5-3-8-28(30)24-38-32-22-26-12-18-34(19-13-26)16-7-17-35-20-14-27(15-21-35)23-33-39-25-29-9-4-6-11-31(29)37-2/h3-6,8-15,18-23H,7,16-17,24-25H2,1-2H3/q+2/b32-22+,33-23+. The molecule has 0 spiro atoms. The van der Waals surface area contributed by atoms with Crippen LogP contribution >= 0.6 is 0 Å². The quantitative estimate of drug-likeness (QED) is 0.138. The van der Waals surface area contributed by atoms with Crippen molar-refractivity contribution in [1.82, 2.24) is 0 Å². The molecule has 8 heteroatoms. The Bertz CT molecular complexity index is 1250. The first kappa shape index (κ1) is 27.3. The average Bonchev–Trinajstić information content (AvgIpc) is 2.99. The molecule has 200 valence electrons. The van der Waals surface area contributed by atoms with Crippen LogP contribution in [0, 0.1) is 0 Å². The van der Waals surface area contributed by atoms with Crippen molar-refractivity contribution in [2.75, 3.05) is 14.2 Å². The minimum Gasteiger partial charge on any atom is -0.496 e. The molecule has 0 fully saturated rings. The van der Waals surface area contributed by atoms with Gasteiger partial charge in [0.2, 0.25) is 0 Å². The number of hydrogen-bond donors (Lipinski definition) is 0. The van der Waals surface area contributed by atoms with E-state index >= 15 is 0 Å². The maximum atomic E-state index is 5.43. The van der Waals surface area contributed by atoms with E-state index in [1.807, 2.05) is 72.8 Å². The van der Waals surface area contributed by atoms with Crippen LogP contribution in [0.15, 0.2) is 108 Å². The fourth-order valence-electron chi connectivity index (χ4n) is 3.90. The molecule has 2 aromatic heterocycles. The SMILES string of the molecule is COc1ccccc1CO/N=C/c1cc[n+](CCC[n+]2ccc(/C=N/OCc3ccccc3OC)cc2)cc1. The number of ether oxygens (including phenoxy) is 2. The van der Waals surface area contributed by atoms with Crippen molar-refractivity contribution >= 4 is 12.4 Å².